The largest absolute Gasteiger partial charge is 0.418 e. The summed E-state index contributed by atoms with van der Waals surface area (Å²) in [7, 11) is 0. The number of halogens is 6. The molecule has 0 aliphatic carbocycles. The van der Waals surface area contributed by atoms with Crippen LogP contribution in [-0.2, 0) is 18.9 Å². The molecule has 0 bridgehead atoms. The smallest absolute Gasteiger partial charge is 0.340 e. The van der Waals surface area contributed by atoms with E-state index in [0.717, 1.165) is 44.4 Å². The Morgan fingerprint density at radius 3 is 2.20 bits per heavy atom. The van der Waals surface area contributed by atoms with Gasteiger partial charge in [-0.2, -0.15) is 26.3 Å². The summed E-state index contributed by atoms with van der Waals surface area (Å²) in [5.74, 6) is 0.785. The third-order valence-corrected chi connectivity index (χ3v) is 7.11. The van der Waals surface area contributed by atoms with Crippen LogP contribution in [0, 0.1) is 0 Å². The lowest BCUT2D eigenvalue weighted by Crippen LogP contribution is -2.48. The van der Waals surface area contributed by atoms with E-state index in [1.54, 1.807) is 6.07 Å². The molecule has 1 aliphatic heterocycles. The normalized spacial score (nSPS) is 15.5. The number of anilines is 2. The molecule has 1 N–H and O–H groups in total. The summed E-state index contributed by atoms with van der Waals surface area (Å²) in [6.07, 6.45) is -7.76. The Bertz CT molecular complexity index is 1510. The second kappa shape index (κ2) is 11.2. The van der Waals surface area contributed by atoms with Crippen LogP contribution in [0.1, 0.15) is 30.8 Å². The molecule has 41 heavy (non-hydrogen) atoms. The number of pyridine rings is 1. The van der Waals surface area contributed by atoms with Crippen molar-refractivity contribution in [2.45, 2.75) is 38.8 Å². The molecule has 0 amide bonds. The topological polar surface area (TPSA) is 57.2 Å². The Morgan fingerprint density at radius 1 is 0.854 bits per heavy atom. The van der Waals surface area contributed by atoms with Crippen molar-refractivity contribution in [1.82, 2.24) is 24.8 Å². The summed E-state index contributed by atoms with van der Waals surface area (Å²) in [5.41, 5.74) is -0.855. The Kier molecular flexibility index (Phi) is 7.89. The molecule has 5 rings (SSSR count). The van der Waals surface area contributed by atoms with Crippen LogP contribution in [0.3, 0.4) is 0 Å². The Labute approximate surface area is 233 Å². The highest BCUT2D eigenvalue weighted by Crippen LogP contribution is 2.37. The monoisotopic (exact) mass is 574 g/mol. The first-order chi connectivity index (χ1) is 19.4. The molecular weight excluding hydrogens is 546 g/mol. The van der Waals surface area contributed by atoms with Crippen molar-refractivity contribution in [2.24, 2.45) is 0 Å². The van der Waals surface area contributed by atoms with Crippen molar-refractivity contribution >= 4 is 22.4 Å². The Hall–Kier alpha value is -3.77. The van der Waals surface area contributed by atoms with Gasteiger partial charge in [-0.3, -0.25) is 14.8 Å². The van der Waals surface area contributed by atoms with Crippen LogP contribution in [-0.4, -0.2) is 57.0 Å². The summed E-state index contributed by atoms with van der Waals surface area (Å²) in [6.45, 7) is 8.05. The van der Waals surface area contributed by atoms with Gasteiger partial charge in [-0.1, -0.05) is 6.07 Å². The van der Waals surface area contributed by atoms with Gasteiger partial charge in [0.2, 0.25) is 0 Å². The second-order valence-corrected chi connectivity index (χ2v) is 10.2. The van der Waals surface area contributed by atoms with E-state index in [2.05, 4.69) is 43.9 Å². The highest BCUT2D eigenvalue weighted by Gasteiger charge is 2.34. The van der Waals surface area contributed by atoms with Gasteiger partial charge in [0.25, 0.3) is 0 Å². The van der Waals surface area contributed by atoms with Crippen LogP contribution in [0.25, 0.3) is 22.2 Å². The minimum absolute atomic E-state index is 0.218. The molecule has 3 heterocycles. The molecule has 2 aromatic heterocycles. The van der Waals surface area contributed by atoms with E-state index in [1.165, 1.54) is 36.5 Å². The van der Waals surface area contributed by atoms with Gasteiger partial charge in [0, 0.05) is 55.1 Å². The minimum atomic E-state index is -4.59. The van der Waals surface area contributed by atoms with Crippen LogP contribution in [0.5, 0.6) is 0 Å². The molecule has 6 nitrogen and oxygen atoms in total. The number of piperazine rings is 1. The maximum absolute atomic E-state index is 13.7. The summed E-state index contributed by atoms with van der Waals surface area (Å²) < 4.78 is 80.3. The zero-order chi connectivity index (χ0) is 29.4. The van der Waals surface area contributed by atoms with Crippen LogP contribution >= 0.6 is 0 Å². The first-order valence-electron chi connectivity index (χ1n) is 13.1. The van der Waals surface area contributed by atoms with Crippen molar-refractivity contribution in [3.63, 3.8) is 0 Å². The predicted octanol–water partition coefficient (Wildman–Crippen LogP) is 7.00. The van der Waals surface area contributed by atoms with Gasteiger partial charge < -0.3 is 5.32 Å². The van der Waals surface area contributed by atoms with E-state index >= 15 is 0 Å². The van der Waals surface area contributed by atoms with Gasteiger partial charge in [0.05, 0.1) is 28.9 Å². The SMILES string of the molecule is CC(C)N1CCN(Cc2nc(Nc3ccc(C(F)(F)F)cc3)c3ccc(-c4ncccc4C(F)(F)F)cc3n2)CC1. The summed E-state index contributed by atoms with van der Waals surface area (Å²) in [4.78, 5) is 17.9. The van der Waals surface area contributed by atoms with E-state index in [-0.39, 0.29) is 11.3 Å². The predicted molar refractivity (Wildman–Crippen MR) is 144 cm³/mol. The highest BCUT2D eigenvalue weighted by atomic mass is 19.4. The molecule has 0 atom stereocenters. The zero-order valence-electron chi connectivity index (χ0n) is 22.4. The lowest BCUT2D eigenvalue weighted by molar-refractivity contribution is -0.138. The number of benzene rings is 2. The number of rotatable bonds is 6. The average Bonchev–Trinajstić information content (AvgIpc) is 2.92. The van der Waals surface area contributed by atoms with Crippen molar-refractivity contribution < 1.29 is 26.3 Å². The lowest BCUT2D eigenvalue weighted by Gasteiger charge is -2.36. The first kappa shape index (κ1) is 28.7. The van der Waals surface area contributed by atoms with Crippen LogP contribution in [0.4, 0.5) is 37.8 Å². The summed E-state index contributed by atoms with van der Waals surface area (Å²) >= 11 is 0. The van der Waals surface area contributed by atoms with Gasteiger partial charge >= 0.3 is 12.4 Å². The first-order valence-corrected chi connectivity index (χ1v) is 13.1. The molecule has 0 unspecified atom stereocenters. The van der Waals surface area contributed by atoms with Crippen molar-refractivity contribution in [1.29, 1.82) is 0 Å². The Morgan fingerprint density at radius 2 is 1.56 bits per heavy atom. The van der Waals surface area contributed by atoms with Crippen LogP contribution in [0.15, 0.2) is 60.8 Å². The molecule has 216 valence electrons. The van der Waals surface area contributed by atoms with Crippen LogP contribution in [0.2, 0.25) is 0 Å². The average molecular weight is 575 g/mol. The van der Waals surface area contributed by atoms with Crippen molar-refractivity contribution in [2.75, 3.05) is 31.5 Å². The fraction of sp³-hybridized carbons (Fsp3) is 0.345. The molecular formula is C29H28F6N6. The molecule has 1 aliphatic rings. The van der Waals surface area contributed by atoms with Gasteiger partial charge in [-0.25, -0.2) is 9.97 Å². The third kappa shape index (κ3) is 6.59. The number of hydrogen-bond donors (Lipinski definition) is 1. The summed E-state index contributed by atoms with van der Waals surface area (Å²) in [6, 6.07) is 11.8. The molecule has 2 aromatic carbocycles. The lowest BCUT2D eigenvalue weighted by atomic mass is 10.0. The molecule has 4 aromatic rings. The van der Waals surface area contributed by atoms with E-state index in [4.69, 9.17) is 0 Å². The zero-order valence-corrected chi connectivity index (χ0v) is 22.4. The molecule has 12 heteroatoms. The van der Waals surface area contributed by atoms with E-state index in [1.807, 2.05) is 0 Å². The molecule has 0 spiro atoms. The fourth-order valence-electron chi connectivity index (χ4n) is 4.87. The molecule has 0 radical (unpaired) electrons. The van der Waals surface area contributed by atoms with Crippen LogP contribution < -0.4 is 5.32 Å². The Balaban J connectivity index is 1.53. The number of nitrogens with zero attached hydrogens (tertiary/aromatic N) is 5. The molecule has 1 fully saturated rings. The highest BCUT2D eigenvalue weighted by molar-refractivity contribution is 5.93. The van der Waals surface area contributed by atoms with Crippen molar-refractivity contribution in [3.8, 4) is 11.3 Å². The van der Waals surface area contributed by atoms with Crippen molar-refractivity contribution in [3.05, 3.63) is 77.7 Å². The van der Waals surface area contributed by atoms with Gasteiger partial charge in [-0.15, -0.1) is 0 Å². The van der Waals surface area contributed by atoms with Gasteiger partial charge in [-0.05, 0) is 62.4 Å². The minimum Gasteiger partial charge on any atom is -0.340 e. The quantitative estimate of drug-likeness (QED) is 0.250. The van der Waals surface area contributed by atoms with Gasteiger partial charge in [0.15, 0.2) is 0 Å². The maximum atomic E-state index is 13.7. The number of fused-ring (bicyclic) bond motifs is 1. The summed E-state index contributed by atoms with van der Waals surface area (Å²) in [5, 5.41) is 3.59. The fourth-order valence-corrected chi connectivity index (χ4v) is 4.87. The number of alkyl halides is 6. The van der Waals surface area contributed by atoms with E-state index in [0.29, 0.717) is 40.8 Å². The number of aromatic nitrogens is 3. The molecule has 0 saturated carbocycles. The third-order valence-electron chi connectivity index (χ3n) is 7.11. The molecule has 1 saturated heterocycles. The second-order valence-electron chi connectivity index (χ2n) is 10.2. The maximum Gasteiger partial charge on any atom is 0.418 e. The van der Waals surface area contributed by atoms with E-state index in [9.17, 15) is 26.3 Å². The van der Waals surface area contributed by atoms with Gasteiger partial charge in [0.1, 0.15) is 11.6 Å². The standard InChI is InChI=1S/C29H28F6N6/c1-18(2)41-14-12-40(13-15-41)17-25-38-24-16-19(26-23(29(33,34)35)4-3-11-36-26)5-10-22(24)27(39-25)37-21-8-6-20(7-9-21)28(30,31)32/h3-11,16,18H,12-15,17H2,1-2H3,(H,37,38,39). The number of nitrogens with one attached hydrogen (secondary N) is 1. The number of hydrogen-bond acceptors (Lipinski definition) is 6. The van der Waals surface area contributed by atoms with E-state index < -0.39 is 23.5 Å².